The molecule has 18 heavy (non-hydrogen) atoms. The van der Waals surface area contributed by atoms with Crippen LogP contribution in [0.4, 0.5) is 0 Å². The Bertz CT molecular complexity index is 430. The van der Waals surface area contributed by atoms with E-state index in [1.54, 1.807) is 0 Å². The Hall–Kier alpha value is -1.35. The van der Waals surface area contributed by atoms with Gasteiger partial charge in [0.15, 0.2) is 0 Å². The van der Waals surface area contributed by atoms with Crippen LogP contribution in [0.3, 0.4) is 0 Å². The normalized spacial score (nSPS) is 22.7. The molecule has 1 aromatic rings. The van der Waals surface area contributed by atoms with E-state index in [0.29, 0.717) is 0 Å². The molecule has 0 spiro atoms. The number of carbonyl (C=O) groups is 1. The van der Waals surface area contributed by atoms with Crippen LogP contribution in [0.25, 0.3) is 0 Å². The van der Waals surface area contributed by atoms with Crippen molar-refractivity contribution in [3.63, 3.8) is 0 Å². The van der Waals surface area contributed by atoms with Crippen LogP contribution in [-0.4, -0.2) is 36.1 Å². The molecule has 1 saturated heterocycles. The smallest absolute Gasteiger partial charge is 0.311 e. The highest BCUT2D eigenvalue weighted by molar-refractivity contribution is 5.77. The maximum absolute atomic E-state index is 11.6. The molecule has 0 saturated carbocycles. The summed E-state index contributed by atoms with van der Waals surface area (Å²) in [5.41, 5.74) is 2.06. The molecule has 3 heteroatoms. The van der Waals surface area contributed by atoms with Gasteiger partial charge in [0.2, 0.25) is 0 Å². The lowest BCUT2D eigenvalue weighted by atomic mass is 9.79. The monoisotopic (exact) mass is 247 g/mol. The third kappa shape index (κ3) is 2.72. The molecule has 0 aliphatic carbocycles. The van der Waals surface area contributed by atoms with Gasteiger partial charge in [0, 0.05) is 6.54 Å². The fourth-order valence-corrected chi connectivity index (χ4v) is 3.00. The Morgan fingerprint density at radius 3 is 2.78 bits per heavy atom. The Kier molecular flexibility index (Phi) is 4.02. The summed E-state index contributed by atoms with van der Waals surface area (Å²) in [4.78, 5) is 13.9. The fraction of sp³-hybridized carbons (Fsp3) is 0.533. The standard InChI is InChI=1S/C15H21NO2/c1-11-6-3-4-8-13(11)14(15(17)18)12-7-5-9-16(2)10-12/h3-4,6,8,12,14H,5,7,9-10H2,1-2H3,(H,17,18). The van der Waals surface area contributed by atoms with E-state index in [1.807, 2.05) is 31.2 Å². The van der Waals surface area contributed by atoms with Gasteiger partial charge < -0.3 is 10.0 Å². The van der Waals surface area contributed by atoms with Gasteiger partial charge in [-0.1, -0.05) is 24.3 Å². The second kappa shape index (κ2) is 5.53. The van der Waals surface area contributed by atoms with E-state index in [9.17, 15) is 9.90 Å². The summed E-state index contributed by atoms with van der Waals surface area (Å²) in [6.07, 6.45) is 2.10. The maximum atomic E-state index is 11.6. The Morgan fingerprint density at radius 1 is 1.44 bits per heavy atom. The Balaban J connectivity index is 2.28. The first kappa shape index (κ1) is 13.1. The molecule has 1 N–H and O–H groups in total. The van der Waals surface area contributed by atoms with Crippen LogP contribution in [0.1, 0.15) is 29.9 Å². The highest BCUT2D eigenvalue weighted by atomic mass is 16.4. The predicted molar refractivity (Wildman–Crippen MR) is 71.8 cm³/mol. The Morgan fingerprint density at radius 2 is 2.17 bits per heavy atom. The molecular formula is C15H21NO2. The molecule has 2 rings (SSSR count). The zero-order valence-electron chi connectivity index (χ0n) is 11.1. The SMILES string of the molecule is Cc1ccccc1C(C(=O)O)C1CCCN(C)C1. The maximum Gasteiger partial charge on any atom is 0.311 e. The number of benzene rings is 1. The predicted octanol–water partition coefficient (Wildman–Crippen LogP) is 2.51. The highest BCUT2D eigenvalue weighted by Crippen LogP contribution is 2.33. The molecule has 0 amide bonds. The van der Waals surface area contributed by atoms with Crippen molar-refractivity contribution in [1.29, 1.82) is 0 Å². The number of hydrogen-bond acceptors (Lipinski definition) is 2. The van der Waals surface area contributed by atoms with E-state index in [4.69, 9.17) is 0 Å². The number of aryl methyl sites for hydroxylation is 1. The van der Waals surface area contributed by atoms with Crippen LogP contribution in [0, 0.1) is 12.8 Å². The number of nitrogens with zero attached hydrogens (tertiary/aromatic N) is 1. The van der Waals surface area contributed by atoms with E-state index >= 15 is 0 Å². The first-order valence-electron chi connectivity index (χ1n) is 6.56. The molecule has 1 heterocycles. The van der Waals surface area contributed by atoms with Crippen LogP contribution in [-0.2, 0) is 4.79 Å². The van der Waals surface area contributed by atoms with Gasteiger partial charge in [0.1, 0.15) is 0 Å². The molecule has 2 unspecified atom stereocenters. The van der Waals surface area contributed by atoms with Crippen molar-refractivity contribution in [2.45, 2.75) is 25.7 Å². The molecule has 1 aliphatic rings. The topological polar surface area (TPSA) is 40.5 Å². The fourth-order valence-electron chi connectivity index (χ4n) is 3.00. The molecule has 0 radical (unpaired) electrons. The minimum absolute atomic E-state index is 0.224. The molecule has 0 bridgehead atoms. The van der Waals surface area contributed by atoms with Gasteiger partial charge >= 0.3 is 5.97 Å². The van der Waals surface area contributed by atoms with Crippen LogP contribution in [0.15, 0.2) is 24.3 Å². The van der Waals surface area contributed by atoms with Gasteiger partial charge in [0.05, 0.1) is 5.92 Å². The summed E-state index contributed by atoms with van der Waals surface area (Å²) in [6, 6.07) is 7.86. The first-order chi connectivity index (χ1) is 8.59. The molecule has 0 aromatic heterocycles. The summed E-state index contributed by atoms with van der Waals surface area (Å²) in [5, 5.41) is 9.57. The lowest BCUT2D eigenvalue weighted by molar-refractivity contribution is -0.140. The number of aliphatic carboxylic acids is 1. The van der Waals surface area contributed by atoms with Crippen molar-refractivity contribution in [3.8, 4) is 0 Å². The quantitative estimate of drug-likeness (QED) is 0.892. The van der Waals surface area contributed by atoms with E-state index in [2.05, 4.69) is 11.9 Å². The van der Waals surface area contributed by atoms with Crippen LogP contribution >= 0.6 is 0 Å². The number of rotatable bonds is 3. The molecule has 98 valence electrons. The number of piperidine rings is 1. The van der Waals surface area contributed by atoms with Gasteiger partial charge in [-0.15, -0.1) is 0 Å². The molecule has 3 nitrogen and oxygen atoms in total. The minimum atomic E-state index is -0.690. The lowest BCUT2D eigenvalue weighted by Crippen LogP contribution is -2.37. The summed E-state index contributed by atoms with van der Waals surface area (Å²) in [7, 11) is 2.07. The van der Waals surface area contributed by atoms with Gasteiger partial charge in [0.25, 0.3) is 0 Å². The molecular weight excluding hydrogens is 226 g/mol. The third-order valence-corrected chi connectivity index (χ3v) is 3.92. The molecule has 2 atom stereocenters. The summed E-state index contributed by atoms with van der Waals surface area (Å²) in [5.74, 6) is -0.833. The number of likely N-dealkylation sites (tertiary alicyclic amines) is 1. The zero-order valence-corrected chi connectivity index (χ0v) is 11.1. The van der Waals surface area contributed by atoms with Crippen molar-refractivity contribution in [2.75, 3.05) is 20.1 Å². The molecule has 1 aromatic carbocycles. The lowest BCUT2D eigenvalue weighted by Gasteiger charge is -2.33. The summed E-state index contributed by atoms with van der Waals surface area (Å²) >= 11 is 0. The summed E-state index contributed by atoms with van der Waals surface area (Å²) in [6.45, 7) is 3.96. The van der Waals surface area contributed by atoms with E-state index in [1.165, 1.54) is 0 Å². The van der Waals surface area contributed by atoms with Gasteiger partial charge in [-0.3, -0.25) is 4.79 Å². The summed E-state index contributed by atoms with van der Waals surface area (Å²) < 4.78 is 0. The molecule has 1 fully saturated rings. The van der Waals surface area contributed by atoms with E-state index in [0.717, 1.165) is 37.1 Å². The van der Waals surface area contributed by atoms with Gasteiger partial charge in [-0.05, 0) is 50.4 Å². The van der Waals surface area contributed by atoms with Crippen molar-refractivity contribution in [1.82, 2.24) is 4.90 Å². The number of carboxylic acid groups (broad SMARTS) is 1. The Labute approximate surface area is 108 Å². The van der Waals surface area contributed by atoms with Crippen molar-refractivity contribution in [2.24, 2.45) is 5.92 Å². The second-order valence-corrected chi connectivity index (χ2v) is 5.34. The van der Waals surface area contributed by atoms with E-state index in [-0.39, 0.29) is 11.8 Å². The molecule has 1 aliphatic heterocycles. The van der Waals surface area contributed by atoms with Crippen molar-refractivity contribution in [3.05, 3.63) is 35.4 Å². The largest absolute Gasteiger partial charge is 0.481 e. The zero-order chi connectivity index (χ0) is 13.1. The second-order valence-electron chi connectivity index (χ2n) is 5.34. The van der Waals surface area contributed by atoms with Crippen molar-refractivity contribution >= 4 is 5.97 Å². The highest BCUT2D eigenvalue weighted by Gasteiger charge is 2.32. The average molecular weight is 247 g/mol. The minimum Gasteiger partial charge on any atom is -0.481 e. The van der Waals surface area contributed by atoms with Crippen LogP contribution in [0.2, 0.25) is 0 Å². The average Bonchev–Trinajstić information content (AvgIpc) is 2.32. The van der Waals surface area contributed by atoms with Crippen LogP contribution < -0.4 is 0 Å². The first-order valence-corrected chi connectivity index (χ1v) is 6.56. The van der Waals surface area contributed by atoms with Crippen LogP contribution in [0.5, 0.6) is 0 Å². The number of carboxylic acids is 1. The van der Waals surface area contributed by atoms with Gasteiger partial charge in [-0.2, -0.15) is 0 Å². The van der Waals surface area contributed by atoms with E-state index < -0.39 is 5.97 Å². The third-order valence-electron chi connectivity index (χ3n) is 3.92. The number of hydrogen-bond donors (Lipinski definition) is 1. The van der Waals surface area contributed by atoms with Gasteiger partial charge in [-0.25, -0.2) is 0 Å². The van der Waals surface area contributed by atoms with Crippen molar-refractivity contribution < 1.29 is 9.90 Å².